The summed E-state index contributed by atoms with van der Waals surface area (Å²) < 4.78 is 44.5. The van der Waals surface area contributed by atoms with Gasteiger partial charge in [0.05, 0.1) is 12.0 Å². The number of ketones is 1. The lowest BCUT2D eigenvalue weighted by molar-refractivity contribution is -0.433. The molecule has 0 aromatic heterocycles. The van der Waals surface area contributed by atoms with E-state index in [1.807, 2.05) is 0 Å². The quantitative estimate of drug-likeness (QED) is 0.358. The highest BCUT2D eigenvalue weighted by Crippen LogP contribution is 2.47. The SMILES string of the molecule is CC(SOOO)(C(=O)OC1C(=O)C2CCC1C2)C(F)(F)F. The fourth-order valence-electron chi connectivity index (χ4n) is 2.68. The molecule has 0 amide bonds. The van der Waals surface area contributed by atoms with Crippen molar-refractivity contribution in [2.24, 2.45) is 11.8 Å². The van der Waals surface area contributed by atoms with E-state index in [9.17, 15) is 22.8 Å². The molecule has 0 radical (unpaired) electrons. The van der Waals surface area contributed by atoms with Crippen LogP contribution in [0.2, 0.25) is 0 Å². The van der Waals surface area contributed by atoms with Crippen molar-refractivity contribution in [2.45, 2.75) is 43.2 Å². The molecule has 1 N–H and O–H groups in total. The summed E-state index contributed by atoms with van der Waals surface area (Å²) in [5, 5.41) is 11.1. The maximum atomic E-state index is 13.0. The molecule has 2 rings (SSSR count). The van der Waals surface area contributed by atoms with E-state index in [4.69, 9.17) is 9.99 Å². The summed E-state index contributed by atoms with van der Waals surface area (Å²) in [6.07, 6.45) is -4.27. The van der Waals surface area contributed by atoms with Gasteiger partial charge in [-0.25, -0.2) is 5.26 Å². The van der Waals surface area contributed by atoms with Crippen molar-refractivity contribution in [1.82, 2.24) is 0 Å². The summed E-state index contributed by atoms with van der Waals surface area (Å²) in [5.74, 6) is -2.42. The summed E-state index contributed by atoms with van der Waals surface area (Å²) >= 11 is -0.440. The van der Waals surface area contributed by atoms with Gasteiger partial charge < -0.3 is 4.74 Å². The smallest absolute Gasteiger partial charge is 0.415 e. The van der Waals surface area contributed by atoms with Gasteiger partial charge in [0.25, 0.3) is 0 Å². The first-order valence-corrected chi connectivity index (χ1v) is 6.92. The summed E-state index contributed by atoms with van der Waals surface area (Å²) in [4.78, 5) is 23.7. The number of Topliss-reactive ketones (excluding diaryl/α,β-unsaturated/α-hetero) is 1. The second kappa shape index (κ2) is 5.75. The Kier molecular flexibility index (Phi) is 4.52. The molecule has 2 saturated carbocycles. The Balaban J connectivity index is 2.10. The maximum Gasteiger partial charge on any atom is 0.415 e. The van der Waals surface area contributed by atoms with Gasteiger partial charge in [-0.1, -0.05) is 5.04 Å². The van der Waals surface area contributed by atoms with Crippen LogP contribution < -0.4 is 0 Å². The van der Waals surface area contributed by atoms with Gasteiger partial charge in [-0.15, -0.1) is 4.33 Å². The van der Waals surface area contributed by atoms with E-state index >= 15 is 0 Å². The lowest BCUT2D eigenvalue weighted by Crippen LogP contribution is -2.50. The van der Waals surface area contributed by atoms with Crippen molar-refractivity contribution < 1.29 is 42.1 Å². The van der Waals surface area contributed by atoms with E-state index in [0.717, 1.165) is 0 Å². The van der Waals surface area contributed by atoms with Gasteiger partial charge in [-0.05, 0) is 26.2 Å². The number of fused-ring (bicyclic) bond motifs is 2. The molecule has 6 nitrogen and oxygen atoms in total. The third-order valence-electron chi connectivity index (χ3n) is 3.98. The van der Waals surface area contributed by atoms with Crippen molar-refractivity contribution >= 4 is 23.8 Å². The minimum absolute atomic E-state index is 0.219. The van der Waals surface area contributed by atoms with Crippen LogP contribution in [0.15, 0.2) is 0 Å². The number of carbonyl (C=O) groups is 2. The summed E-state index contributed by atoms with van der Waals surface area (Å²) in [6, 6.07) is 0. The van der Waals surface area contributed by atoms with Crippen molar-refractivity contribution in [2.75, 3.05) is 0 Å². The van der Waals surface area contributed by atoms with Crippen LogP contribution in [-0.4, -0.2) is 34.0 Å². The molecule has 0 heterocycles. The molecule has 0 spiro atoms. The molecular weight excluding hydrogens is 317 g/mol. The average molecular weight is 330 g/mol. The zero-order chi connectivity index (χ0) is 15.8. The van der Waals surface area contributed by atoms with Crippen LogP contribution in [0.25, 0.3) is 0 Å². The highest BCUT2D eigenvalue weighted by Gasteiger charge is 2.62. The predicted molar refractivity (Wildman–Crippen MR) is 62.6 cm³/mol. The lowest BCUT2D eigenvalue weighted by atomic mass is 9.96. The average Bonchev–Trinajstić information content (AvgIpc) is 2.98. The van der Waals surface area contributed by atoms with Gasteiger partial charge in [-0.3, -0.25) is 9.59 Å². The lowest BCUT2D eigenvalue weighted by Gasteiger charge is -2.29. The Bertz CT molecular complexity index is 442. The second-order valence-electron chi connectivity index (χ2n) is 5.26. The second-order valence-corrected chi connectivity index (χ2v) is 6.37. The molecule has 2 aliphatic carbocycles. The van der Waals surface area contributed by atoms with Crippen LogP contribution >= 0.6 is 12.0 Å². The molecule has 2 bridgehead atoms. The standard InChI is InChI=1S/C11H13F3O6S/c1-10(11(12,13)14,21-20-19-17)9(16)18-8-6-3-2-5(4-6)7(8)15/h5-6,8,17H,2-4H2,1H3. The molecule has 21 heavy (non-hydrogen) atoms. The third-order valence-corrected chi connectivity index (χ3v) is 4.84. The van der Waals surface area contributed by atoms with Crippen LogP contribution in [0.1, 0.15) is 26.2 Å². The van der Waals surface area contributed by atoms with Crippen LogP contribution in [0.5, 0.6) is 0 Å². The van der Waals surface area contributed by atoms with Crippen LogP contribution in [0.4, 0.5) is 13.2 Å². The Hall–Kier alpha value is -0.840. The van der Waals surface area contributed by atoms with E-state index in [0.29, 0.717) is 26.2 Å². The van der Waals surface area contributed by atoms with Gasteiger partial charge in [0, 0.05) is 11.8 Å². The number of hydrogen-bond acceptors (Lipinski definition) is 7. The van der Waals surface area contributed by atoms with Gasteiger partial charge in [0.2, 0.25) is 4.75 Å². The molecule has 0 aromatic carbocycles. The molecule has 2 aliphatic rings. The number of alkyl halides is 3. The molecule has 120 valence electrons. The third kappa shape index (κ3) is 2.89. The number of esters is 1. The monoisotopic (exact) mass is 330 g/mol. The van der Waals surface area contributed by atoms with Crippen molar-refractivity contribution in [3.05, 3.63) is 0 Å². The first-order chi connectivity index (χ1) is 9.70. The minimum Gasteiger partial charge on any atom is -0.453 e. The Labute approximate surface area is 122 Å². The number of rotatable bonds is 5. The van der Waals surface area contributed by atoms with Crippen molar-refractivity contribution in [3.63, 3.8) is 0 Å². The maximum absolute atomic E-state index is 13.0. The van der Waals surface area contributed by atoms with Crippen LogP contribution in [0.3, 0.4) is 0 Å². The number of ether oxygens (including phenoxy) is 1. The van der Waals surface area contributed by atoms with E-state index in [1.54, 1.807) is 0 Å². The van der Waals surface area contributed by atoms with Gasteiger partial charge in [-0.2, -0.15) is 13.2 Å². The molecule has 2 fully saturated rings. The topological polar surface area (TPSA) is 82.1 Å². The summed E-state index contributed by atoms with van der Waals surface area (Å²) in [5.41, 5.74) is 0. The normalized spacial score (nSPS) is 31.3. The predicted octanol–water partition coefficient (Wildman–Crippen LogP) is 2.29. The number of carbonyl (C=O) groups excluding carboxylic acids is 2. The minimum atomic E-state index is -5.02. The Morgan fingerprint density at radius 3 is 2.52 bits per heavy atom. The summed E-state index contributed by atoms with van der Waals surface area (Å²) in [7, 11) is 0. The molecule has 4 unspecified atom stereocenters. The van der Waals surface area contributed by atoms with Crippen molar-refractivity contribution in [3.8, 4) is 0 Å². The molecule has 0 aromatic rings. The Morgan fingerprint density at radius 1 is 1.38 bits per heavy atom. The molecule has 0 aliphatic heterocycles. The van der Waals surface area contributed by atoms with Crippen LogP contribution in [0, 0.1) is 11.8 Å². The van der Waals surface area contributed by atoms with E-state index in [1.165, 1.54) is 0 Å². The zero-order valence-electron chi connectivity index (χ0n) is 10.9. The molecule has 4 atom stereocenters. The van der Waals surface area contributed by atoms with Gasteiger partial charge in [0.15, 0.2) is 11.9 Å². The van der Waals surface area contributed by atoms with Gasteiger partial charge >= 0.3 is 12.1 Å². The van der Waals surface area contributed by atoms with Crippen LogP contribution in [-0.2, 0) is 23.7 Å². The van der Waals surface area contributed by atoms with Gasteiger partial charge in [0.1, 0.15) is 0 Å². The highest BCUT2D eigenvalue weighted by molar-refractivity contribution is 7.96. The number of halogens is 3. The summed E-state index contributed by atoms with van der Waals surface area (Å²) in [6.45, 7) is 0.525. The fraction of sp³-hybridized carbons (Fsp3) is 0.818. The number of hydrogen-bond donors (Lipinski definition) is 1. The fourth-order valence-corrected chi connectivity index (χ4v) is 3.05. The molecule has 0 saturated heterocycles. The molecule has 10 heteroatoms. The first-order valence-electron chi connectivity index (χ1n) is 6.18. The van der Waals surface area contributed by atoms with Crippen molar-refractivity contribution in [1.29, 1.82) is 0 Å². The highest BCUT2D eigenvalue weighted by atomic mass is 32.2. The largest absolute Gasteiger partial charge is 0.453 e. The van der Waals surface area contributed by atoms with E-state index < -0.39 is 35.0 Å². The Morgan fingerprint density at radius 2 is 2.05 bits per heavy atom. The first kappa shape index (κ1) is 16.5. The zero-order valence-corrected chi connectivity index (χ0v) is 11.7. The molecular formula is C11H13F3O6S. The van der Waals surface area contributed by atoms with E-state index in [2.05, 4.69) is 9.37 Å². The van der Waals surface area contributed by atoms with E-state index in [-0.39, 0.29) is 17.6 Å².